The number of nitrogens with zero attached hydrogens (tertiary/aromatic N) is 1. The Bertz CT molecular complexity index is 648. The monoisotopic (exact) mass is 265 g/mol. The van der Waals surface area contributed by atoms with Gasteiger partial charge >= 0.3 is 0 Å². The van der Waals surface area contributed by atoms with Crippen LogP contribution in [0, 0.1) is 11.3 Å². The summed E-state index contributed by atoms with van der Waals surface area (Å²) < 4.78 is 0. The standard InChI is InChI=1S/C17H12ClN/c18-17-11-5-9-15(12-17)16(13-19)10-4-8-14-6-2-1-3-7-14/h1-12H/b8-4+,16-10+. The third-order valence-electron chi connectivity index (χ3n) is 2.61. The Balaban J connectivity index is 2.21. The smallest absolute Gasteiger partial charge is 0.0997 e. The molecule has 0 spiro atoms. The normalized spacial score (nSPS) is 11.5. The number of benzene rings is 2. The molecule has 0 radical (unpaired) electrons. The molecule has 0 unspecified atom stereocenters. The Hall–Kier alpha value is -2.30. The lowest BCUT2D eigenvalue weighted by molar-refractivity contribution is 1.52. The molecular formula is C17H12ClN. The van der Waals surface area contributed by atoms with E-state index in [0.717, 1.165) is 11.1 Å². The quantitative estimate of drug-likeness (QED) is 0.568. The molecule has 0 aromatic heterocycles. The maximum Gasteiger partial charge on any atom is 0.0997 e. The molecule has 0 fully saturated rings. The molecule has 0 N–H and O–H groups in total. The van der Waals surface area contributed by atoms with Crippen LogP contribution in [0.4, 0.5) is 0 Å². The molecule has 0 aliphatic rings. The average Bonchev–Trinajstić information content (AvgIpc) is 2.45. The third kappa shape index (κ3) is 3.84. The zero-order valence-corrected chi connectivity index (χ0v) is 11.0. The lowest BCUT2D eigenvalue weighted by Crippen LogP contribution is -1.80. The summed E-state index contributed by atoms with van der Waals surface area (Å²) in [5, 5.41) is 9.80. The predicted molar refractivity (Wildman–Crippen MR) is 80.5 cm³/mol. The average molecular weight is 266 g/mol. The van der Waals surface area contributed by atoms with Crippen LogP contribution in [0.25, 0.3) is 11.6 Å². The van der Waals surface area contributed by atoms with Crippen LogP contribution in [0.1, 0.15) is 11.1 Å². The van der Waals surface area contributed by atoms with Gasteiger partial charge in [-0.2, -0.15) is 5.26 Å². The number of halogens is 1. The number of hydrogen-bond donors (Lipinski definition) is 0. The second kappa shape index (κ2) is 6.58. The molecule has 0 heterocycles. The minimum atomic E-state index is 0.592. The Morgan fingerprint density at radius 2 is 1.84 bits per heavy atom. The van der Waals surface area contributed by atoms with Crippen molar-refractivity contribution in [3.63, 3.8) is 0 Å². The summed E-state index contributed by atoms with van der Waals surface area (Å²) in [6, 6.07) is 19.4. The van der Waals surface area contributed by atoms with Gasteiger partial charge in [0, 0.05) is 5.02 Å². The summed E-state index contributed by atoms with van der Waals surface area (Å²) in [6.45, 7) is 0. The van der Waals surface area contributed by atoms with Gasteiger partial charge in [-0.3, -0.25) is 0 Å². The Morgan fingerprint density at radius 1 is 1.05 bits per heavy atom. The molecule has 19 heavy (non-hydrogen) atoms. The van der Waals surface area contributed by atoms with Gasteiger partial charge in [0.25, 0.3) is 0 Å². The zero-order chi connectivity index (χ0) is 13.5. The van der Waals surface area contributed by atoms with E-state index < -0.39 is 0 Å². The van der Waals surface area contributed by atoms with Crippen molar-refractivity contribution in [2.45, 2.75) is 0 Å². The zero-order valence-electron chi connectivity index (χ0n) is 10.3. The fourth-order valence-corrected chi connectivity index (χ4v) is 1.86. The van der Waals surface area contributed by atoms with Gasteiger partial charge in [0.05, 0.1) is 11.6 Å². The molecule has 0 saturated heterocycles. The summed E-state index contributed by atoms with van der Waals surface area (Å²) in [4.78, 5) is 0. The van der Waals surface area contributed by atoms with Crippen molar-refractivity contribution < 1.29 is 0 Å². The predicted octanol–water partition coefficient (Wildman–Crippen LogP) is 4.96. The molecule has 1 nitrogen and oxygen atoms in total. The van der Waals surface area contributed by atoms with Crippen LogP contribution in [-0.4, -0.2) is 0 Å². The first-order valence-electron chi connectivity index (χ1n) is 5.89. The molecule has 2 rings (SSSR count). The first kappa shape index (κ1) is 13.1. The minimum absolute atomic E-state index is 0.592. The van der Waals surface area contributed by atoms with Gasteiger partial charge in [0.2, 0.25) is 0 Å². The number of nitriles is 1. The molecule has 0 aliphatic carbocycles. The van der Waals surface area contributed by atoms with Gasteiger partial charge in [0.15, 0.2) is 0 Å². The minimum Gasteiger partial charge on any atom is -0.192 e. The fourth-order valence-electron chi connectivity index (χ4n) is 1.67. The maximum absolute atomic E-state index is 9.17. The highest BCUT2D eigenvalue weighted by Gasteiger charge is 1.99. The van der Waals surface area contributed by atoms with Crippen LogP contribution < -0.4 is 0 Å². The van der Waals surface area contributed by atoms with Crippen molar-refractivity contribution in [1.82, 2.24) is 0 Å². The summed E-state index contributed by atoms with van der Waals surface area (Å²) >= 11 is 5.92. The van der Waals surface area contributed by atoms with E-state index in [1.807, 2.05) is 54.6 Å². The van der Waals surface area contributed by atoms with Gasteiger partial charge in [-0.15, -0.1) is 0 Å². The van der Waals surface area contributed by atoms with Crippen molar-refractivity contribution in [3.05, 3.63) is 82.9 Å². The third-order valence-corrected chi connectivity index (χ3v) is 2.84. The van der Waals surface area contributed by atoms with Gasteiger partial charge in [-0.1, -0.05) is 66.2 Å². The largest absolute Gasteiger partial charge is 0.192 e. The molecule has 92 valence electrons. The second-order valence-electron chi connectivity index (χ2n) is 3.97. The van der Waals surface area contributed by atoms with Crippen LogP contribution in [0.5, 0.6) is 0 Å². The van der Waals surface area contributed by atoms with Crippen molar-refractivity contribution in [2.24, 2.45) is 0 Å². The Morgan fingerprint density at radius 3 is 2.53 bits per heavy atom. The first-order valence-corrected chi connectivity index (χ1v) is 6.27. The molecule has 0 amide bonds. The van der Waals surface area contributed by atoms with E-state index in [9.17, 15) is 5.26 Å². The highest BCUT2D eigenvalue weighted by Crippen LogP contribution is 2.18. The van der Waals surface area contributed by atoms with E-state index >= 15 is 0 Å². The van der Waals surface area contributed by atoms with E-state index in [0.29, 0.717) is 10.6 Å². The Labute approximate surface area is 118 Å². The summed E-state index contributed by atoms with van der Waals surface area (Å²) in [7, 11) is 0. The van der Waals surface area contributed by atoms with Crippen LogP contribution >= 0.6 is 11.6 Å². The number of hydrogen-bond acceptors (Lipinski definition) is 1. The van der Waals surface area contributed by atoms with Crippen molar-refractivity contribution in [1.29, 1.82) is 5.26 Å². The molecule has 2 aromatic rings. The van der Waals surface area contributed by atoms with Crippen LogP contribution in [0.2, 0.25) is 5.02 Å². The molecule has 0 atom stereocenters. The van der Waals surface area contributed by atoms with E-state index in [1.54, 1.807) is 18.2 Å². The van der Waals surface area contributed by atoms with Crippen LogP contribution in [0.3, 0.4) is 0 Å². The maximum atomic E-state index is 9.17. The number of rotatable bonds is 3. The van der Waals surface area contributed by atoms with Gasteiger partial charge in [-0.25, -0.2) is 0 Å². The van der Waals surface area contributed by atoms with Crippen molar-refractivity contribution >= 4 is 23.3 Å². The molecule has 2 heteroatoms. The highest BCUT2D eigenvalue weighted by molar-refractivity contribution is 6.30. The summed E-state index contributed by atoms with van der Waals surface area (Å²) in [6.07, 6.45) is 5.62. The summed E-state index contributed by atoms with van der Waals surface area (Å²) in [5.41, 5.74) is 2.52. The van der Waals surface area contributed by atoms with E-state index in [2.05, 4.69) is 6.07 Å². The molecule has 0 aliphatic heterocycles. The molecule has 0 saturated carbocycles. The van der Waals surface area contributed by atoms with Crippen molar-refractivity contribution in [3.8, 4) is 6.07 Å². The molecular weight excluding hydrogens is 254 g/mol. The van der Waals surface area contributed by atoms with Gasteiger partial charge in [0.1, 0.15) is 0 Å². The van der Waals surface area contributed by atoms with E-state index in [4.69, 9.17) is 11.6 Å². The van der Waals surface area contributed by atoms with E-state index in [-0.39, 0.29) is 0 Å². The van der Waals surface area contributed by atoms with Crippen molar-refractivity contribution in [2.75, 3.05) is 0 Å². The Kier molecular flexibility index (Phi) is 4.55. The lowest BCUT2D eigenvalue weighted by Gasteiger charge is -1.98. The van der Waals surface area contributed by atoms with Crippen LogP contribution in [0.15, 0.2) is 66.7 Å². The molecule has 2 aromatic carbocycles. The second-order valence-corrected chi connectivity index (χ2v) is 4.41. The SMILES string of the molecule is N#C/C(=C\C=C\c1ccccc1)c1cccc(Cl)c1. The first-order chi connectivity index (χ1) is 9.29. The van der Waals surface area contributed by atoms with E-state index in [1.165, 1.54) is 0 Å². The summed E-state index contributed by atoms with van der Waals surface area (Å²) in [5.74, 6) is 0. The number of allylic oxidation sites excluding steroid dienone is 3. The highest BCUT2D eigenvalue weighted by atomic mass is 35.5. The fraction of sp³-hybridized carbons (Fsp3) is 0. The molecule has 0 bridgehead atoms. The van der Waals surface area contributed by atoms with Gasteiger partial charge < -0.3 is 0 Å². The van der Waals surface area contributed by atoms with Crippen LogP contribution in [-0.2, 0) is 0 Å². The lowest BCUT2D eigenvalue weighted by atomic mass is 10.1. The van der Waals surface area contributed by atoms with Gasteiger partial charge in [-0.05, 0) is 29.3 Å². The topological polar surface area (TPSA) is 23.8 Å².